The molecule has 0 fully saturated rings. The molecule has 2 heterocycles. The van der Waals surface area contributed by atoms with Crippen LogP contribution in [0.15, 0.2) is 47.2 Å². The molecule has 0 atom stereocenters. The molecule has 1 aromatic carbocycles. The molecule has 0 unspecified atom stereocenters. The predicted octanol–water partition coefficient (Wildman–Crippen LogP) is 3.51. The molecule has 2 N–H and O–H groups in total. The van der Waals surface area contributed by atoms with Crippen molar-refractivity contribution in [3.63, 3.8) is 0 Å². The molecule has 0 aliphatic heterocycles. The number of benzene rings is 1. The Labute approximate surface area is 113 Å². The van der Waals surface area contributed by atoms with Crippen LogP contribution in [0.2, 0.25) is 5.02 Å². The summed E-state index contributed by atoms with van der Waals surface area (Å²) in [5, 5.41) is 4.35. The van der Waals surface area contributed by atoms with Crippen molar-refractivity contribution in [2.24, 2.45) is 0 Å². The van der Waals surface area contributed by atoms with Crippen LogP contribution in [0.25, 0.3) is 17.1 Å². The lowest BCUT2D eigenvalue weighted by Crippen LogP contribution is -1.95. The highest BCUT2D eigenvalue weighted by Gasteiger charge is 2.12. The fourth-order valence-corrected chi connectivity index (χ4v) is 1.87. The molecule has 2 aromatic heterocycles. The van der Waals surface area contributed by atoms with Crippen molar-refractivity contribution in [1.82, 2.24) is 9.78 Å². The lowest BCUT2D eigenvalue weighted by Gasteiger charge is -2.01. The van der Waals surface area contributed by atoms with Crippen LogP contribution >= 0.6 is 11.6 Å². The lowest BCUT2D eigenvalue weighted by atomic mass is 10.3. The number of hydrogen-bond donors (Lipinski definition) is 1. The summed E-state index contributed by atoms with van der Waals surface area (Å²) in [7, 11) is 0. The SMILES string of the molecule is Nc1cn(-c2ccc(Cl)c(F)c2)nc1-c1ccco1. The molecular weight excluding hydrogens is 269 g/mol. The number of hydrogen-bond acceptors (Lipinski definition) is 3. The summed E-state index contributed by atoms with van der Waals surface area (Å²) in [6.07, 6.45) is 3.14. The van der Waals surface area contributed by atoms with Crippen LogP contribution in [-0.4, -0.2) is 9.78 Å². The van der Waals surface area contributed by atoms with E-state index in [4.69, 9.17) is 21.8 Å². The van der Waals surface area contributed by atoms with E-state index in [-0.39, 0.29) is 5.02 Å². The third kappa shape index (κ3) is 2.08. The fourth-order valence-electron chi connectivity index (χ4n) is 1.75. The van der Waals surface area contributed by atoms with Crippen molar-refractivity contribution in [3.05, 3.63) is 53.6 Å². The zero-order chi connectivity index (χ0) is 13.4. The minimum atomic E-state index is -0.507. The molecule has 4 nitrogen and oxygen atoms in total. The molecule has 6 heteroatoms. The van der Waals surface area contributed by atoms with E-state index < -0.39 is 5.82 Å². The van der Waals surface area contributed by atoms with E-state index in [1.165, 1.54) is 23.1 Å². The third-order valence-electron chi connectivity index (χ3n) is 2.66. The summed E-state index contributed by atoms with van der Waals surface area (Å²) in [5.74, 6) is 0.0541. The van der Waals surface area contributed by atoms with Gasteiger partial charge in [0.1, 0.15) is 5.82 Å². The minimum Gasteiger partial charge on any atom is -0.463 e. The Morgan fingerprint density at radius 3 is 2.84 bits per heavy atom. The number of anilines is 1. The van der Waals surface area contributed by atoms with Gasteiger partial charge < -0.3 is 10.2 Å². The Bertz CT molecular complexity index is 722. The normalized spacial score (nSPS) is 10.8. The van der Waals surface area contributed by atoms with Gasteiger partial charge in [-0.3, -0.25) is 0 Å². The van der Waals surface area contributed by atoms with Crippen molar-refractivity contribution in [1.29, 1.82) is 0 Å². The molecule has 3 rings (SSSR count). The first-order chi connectivity index (χ1) is 9.15. The van der Waals surface area contributed by atoms with E-state index in [1.807, 2.05) is 0 Å². The van der Waals surface area contributed by atoms with Crippen molar-refractivity contribution in [2.75, 3.05) is 5.73 Å². The van der Waals surface area contributed by atoms with Crippen LogP contribution < -0.4 is 5.73 Å². The molecule has 0 spiro atoms. The summed E-state index contributed by atoms with van der Waals surface area (Å²) in [4.78, 5) is 0. The van der Waals surface area contributed by atoms with E-state index in [9.17, 15) is 4.39 Å². The first kappa shape index (κ1) is 11.8. The van der Waals surface area contributed by atoms with Crippen LogP contribution in [0.3, 0.4) is 0 Å². The Kier molecular flexibility index (Phi) is 2.76. The van der Waals surface area contributed by atoms with Gasteiger partial charge in [-0.25, -0.2) is 9.07 Å². The summed E-state index contributed by atoms with van der Waals surface area (Å²) < 4.78 is 20.1. The second kappa shape index (κ2) is 4.44. The second-order valence-corrected chi connectivity index (χ2v) is 4.36. The highest BCUT2D eigenvalue weighted by atomic mass is 35.5. The second-order valence-electron chi connectivity index (χ2n) is 3.95. The van der Waals surface area contributed by atoms with Crippen molar-refractivity contribution in [3.8, 4) is 17.1 Å². The zero-order valence-electron chi connectivity index (χ0n) is 9.68. The maximum atomic E-state index is 13.4. The van der Waals surface area contributed by atoms with Gasteiger partial charge in [0.15, 0.2) is 11.5 Å². The van der Waals surface area contributed by atoms with Crippen molar-refractivity contribution < 1.29 is 8.81 Å². The maximum absolute atomic E-state index is 13.4. The van der Waals surface area contributed by atoms with Crippen molar-refractivity contribution >= 4 is 17.3 Å². The Morgan fingerprint density at radius 1 is 1.32 bits per heavy atom. The quantitative estimate of drug-likeness (QED) is 0.780. The van der Waals surface area contributed by atoms with Gasteiger partial charge in [-0.15, -0.1) is 0 Å². The highest BCUT2D eigenvalue weighted by Crippen LogP contribution is 2.26. The molecule has 0 bridgehead atoms. The average molecular weight is 278 g/mol. The maximum Gasteiger partial charge on any atom is 0.156 e. The van der Waals surface area contributed by atoms with Gasteiger partial charge >= 0.3 is 0 Å². The van der Waals surface area contributed by atoms with E-state index >= 15 is 0 Å². The summed E-state index contributed by atoms with van der Waals surface area (Å²) in [5.41, 5.74) is 7.37. The van der Waals surface area contributed by atoms with E-state index in [0.717, 1.165) is 0 Å². The first-order valence-corrected chi connectivity index (χ1v) is 5.87. The largest absolute Gasteiger partial charge is 0.463 e. The number of aromatic nitrogens is 2. The van der Waals surface area contributed by atoms with Gasteiger partial charge in [0, 0.05) is 6.07 Å². The lowest BCUT2D eigenvalue weighted by molar-refractivity contribution is 0.579. The van der Waals surface area contributed by atoms with Crippen molar-refractivity contribution in [2.45, 2.75) is 0 Å². The summed E-state index contributed by atoms with van der Waals surface area (Å²) in [6, 6.07) is 7.92. The van der Waals surface area contributed by atoms with Gasteiger partial charge in [-0.05, 0) is 24.3 Å². The van der Waals surface area contributed by atoms with Crippen LogP contribution in [0.4, 0.5) is 10.1 Å². The molecule has 0 saturated carbocycles. The molecule has 0 aliphatic rings. The van der Waals surface area contributed by atoms with E-state index in [2.05, 4.69) is 5.10 Å². The van der Waals surface area contributed by atoms with Gasteiger partial charge in [-0.1, -0.05) is 11.6 Å². The Balaban J connectivity index is 2.07. The van der Waals surface area contributed by atoms with E-state index in [0.29, 0.717) is 22.8 Å². The molecule has 0 amide bonds. The third-order valence-corrected chi connectivity index (χ3v) is 2.97. The van der Waals surface area contributed by atoms with Gasteiger partial charge in [0.25, 0.3) is 0 Å². The molecule has 19 heavy (non-hydrogen) atoms. The summed E-state index contributed by atoms with van der Waals surface area (Å²) in [6.45, 7) is 0. The van der Waals surface area contributed by atoms with E-state index in [1.54, 1.807) is 24.4 Å². The van der Waals surface area contributed by atoms with Gasteiger partial charge in [0.05, 0.1) is 28.9 Å². The number of furan rings is 1. The minimum absolute atomic E-state index is 0.0649. The first-order valence-electron chi connectivity index (χ1n) is 5.49. The smallest absolute Gasteiger partial charge is 0.156 e. The Hall–Kier alpha value is -2.27. The van der Waals surface area contributed by atoms with Crippen LogP contribution in [0.5, 0.6) is 0 Å². The monoisotopic (exact) mass is 277 g/mol. The molecule has 0 radical (unpaired) electrons. The topological polar surface area (TPSA) is 57.0 Å². The van der Waals surface area contributed by atoms with Crippen LogP contribution in [0.1, 0.15) is 0 Å². The van der Waals surface area contributed by atoms with Crippen LogP contribution in [-0.2, 0) is 0 Å². The predicted molar refractivity (Wildman–Crippen MR) is 70.6 cm³/mol. The molecule has 96 valence electrons. The average Bonchev–Trinajstić information content (AvgIpc) is 3.01. The summed E-state index contributed by atoms with van der Waals surface area (Å²) >= 11 is 5.64. The Morgan fingerprint density at radius 2 is 2.16 bits per heavy atom. The molecule has 3 aromatic rings. The number of nitrogen functional groups attached to an aromatic ring is 1. The number of nitrogens with two attached hydrogens (primary N) is 1. The standard InChI is InChI=1S/C13H9ClFN3O/c14-9-4-3-8(6-10(9)15)18-7-11(16)13(17-18)12-2-1-5-19-12/h1-7H,16H2. The fraction of sp³-hybridized carbons (Fsp3) is 0. The highest BCUT2D eigenvalue weighted by molar-refractivity contribution is 6.30. The zero-order valence-corrected chi connectivity index (χ0v) is 10.4. The number of rotatable bonds is 2. The van der Waals surface area contributed by atoms with Gasteiger partial charge in [0.2, 0.25) is 0 Å². The number of halogens is 2. The molecule has 0 saturated heterocycles. The number of nitrogens with zero attached hydrogens (tertiary/aromatic N) is 2. The molecule has 0 aliphatic carbocycles. The van der Waals surface area contributed by atoms with Crippen LogP contribution in [0, 0.1) is 5.82 Å². The molecular formula is C13H9ClFN3O. The van der Waals surface area contributed by atoms with Gasteiger partial charge in [-0.2, -0.15) is 5.10 Å².